The lowest BCUT2D eigenvalue weighted by molar-refractivity contribution is -0.130. The molecule has 0 aliphatic rings. The fraction of sp³-hybridized carbons (Fsp3) is 0.944. The van der Waals surface area contributed by atoms with Gasteiger partial charge in [-0.3, -0.25) is 4.79 Å². The van der Waals surface area contributed by atoms with Crippen LogP contribution in [0.15, 0.2) is 0 Å². The average Bonchev–Trinajstić information content (AvgIpc) is 2.45. The Morgan fingerprint density at radius 2 is 1.23 bits per heavy atom. The van der Waals surface area contributed by atoms with Gasteiger partial charge >= 0.3 is 0 Å². The largest absolute Gasteiger partial charge is 0.346 e. The lowest BCUT2D eigenvalue weighted by Gasteiger charge is -2.23. The van der Waals surface area contributed by atoms with Crippen molar-refractivity contribution in [1.29, 1.82) is 0 Å². The molecule has 0 aromatic carbocycles. The lowest BCUT2D eigenvalue weighted by Crippen LogP contribution is -2.32. The monoisotopic (exact) mass is 313 g/mol. The number of carbonyl (C=O) groups excluding carboxylic acids is 1. The van der Waals surface area contributed by atoms with Crippen molar-refractivity contribution in [3.05, 3.63) is 0 Å². The molecule has 4 heteroatoms. The van der Waals surface area contributed by atoms with Gasteiger partial charge in [0.05, 0.1) is 0 Å². The zero-order valence-corrected chi connectivity index (χ0v) is 16.1. The van der Waals surface area contributed by atoms with Crippen LogP contribution in [0.1, 0.15) is 59.8 Å². The van der Waals surface area contributed by atoms with E-state index < -0.39 is 0 Å². The van der Waals surface area contributed by atoms with Crippen molar-refractivity contribution in [2.45, 2.75) is 71.9 Å². The normalized spacial score (nSPS) is 12.0. The van der Waals surface area contributed by atoms with Gasteiger partial charge in [0.2, 0.25) is 5.91 Å². The Hall–Kier alpha value is -0.610. The zero-order valence-electron chi connectivity index (χ0n) is 16.1. The Kier molecular flexibility index (Phi) is 11.6. The fourth-order valence-electron chi connectivity index (χ4n) is 2.20. The smallest absolute Gasteiger partial charge is 0.222 e. The summed E-state index contributed by atoms with van der Waals surface area (Å²) in [5, 5.41) is 0. The van der Waals surface area contributed by atoms with Crippen LogP contribution in [-0.2, 0) is 4.79 Å². The third-order valence-electron chi connectivity index (χ3n) is 4.59. The highest BCUT2D eigenvalue weighted by atomic mass is 16.2. The first-order valence-electron chi connectivity index (χ1n) is 8.90. The molecule has 0 heterocycles. The average molecular weight is 314 g/mol. The van der Waals surface area contributed by atoms with Gasteiger partial charge in [-0.25, -0.2) is 0 Å². The number of hydrogen-bond donors (Lipinski definition) is 0. The number of hydrogen-bond acceptors (Lipinski definition) is 3. The van der Waals surface area contributed by atoms with E-state index in [1.165, 1.54) is 6.42 Å². The first-order valence-corrected chi connectivity index (χ1v) is 8.90. The zero-order chi connectivity index (χ0) is 17.1. The van der Waals surface area contributed by atoms with Crippen LogP contribution in [0.2, 0.25) is 0 Å². The number of rotatable bonds is 12. The van der Waals surface area contributed by atoms with Gasteiger partial charge in [-0.05, 0) is 74.1 Å². The Morgan fingerprint density at radius 3 is 1.73 bits per heavy atom. The van der Waals surface area contributed by atoms with Gasteiger partial charge in [-0.2, -0.15) is 0 Å². The topological polar surface area (TPSA) is 26.8 Å². The van der Waals surface area contributed by atoms with Crippen LogP contribution < -0.4 is 0 Å². The molecule has 132 valence electrons. The summed E-state index contributed by atoms with van der Waals surface area (Å²) in [4.78, 5) is 18.6. The summed E-state index contributed by atoms with van der Waals surface area (Å²) >= 11 is 0. The van der Waals surface area contributed by atoms with E-state index in [2.05, 4.69) is 51.6 Å². The molecule has 1 amide bonds. The van der Waals surface area contributed by atoms with Gasteiger partial charge in [0.15, 0.2) is 0 Å². The molecule has 0 saturated heterocycles. The van der Waals surface area contributed by atoms with Crippen LogP contribution in [0, 0.1) is 0 Å². The van der Waals surface area contributed by atoms with Gasteiger partial charge in [0.25, 0.3) is 0 Å². The molecule has 0 N–H and O–H groups in total. The highest BCUT2D eigenvalue weighted by Crippen LogP contribution is 2.05. The first kappa shape index (κ1) is 21.4. The lowest BCUT2D eigenvalue weighted by atomic mass is 10.1. The van der Waals surface area contributed by atoms with E-state index >= 15 is 0 Å². The highest BCUT2D eigenvalue weighted by Gasteiger charge is 2.09. The van der Waals surface area contributed by atoms with Gasteiger partial charge in [-0.1, -0.05) is 6.42 Å². The maximum Gasteiger partial charge on any atom is 0.222 e. The van der Waals surface area contributed by atoms with Gasteiger partial charge in [0.1, 0.15) is 0 Å². The van der Waals surface area contributed by atoms with Crippen LogP contribution in [0.25, 0.3) is 0 Å². The Labute approximate surface area is 138 Å². The van der Waals surface area contributed by atoms with Crippen LogP contribution >= 0.6 is 0 Å². The summed E-state index contributed by atoms with van der Waals surface area (Å²) in [5.41, 5.74) is 0. The third-order valence-corrected chi connectivity index (χ3v) is 4.59. The minimum absolute atomic E-state index is 0.296. The molecule has 0 aliphatic carbocycles. The predicted octanol–water partition coefficient (Wildman–Crippen LogP) is 3.08. The van der Waals surface area contributed by atoms with E-state index in [1.807, 2.05) is 11.9 Å². The van der Waals surface area contributed by atoms with Crippen molar-refractivity contribution in [2.24, 2.45) is 0 Å². The predicted molar refractivity (Wildman–Crippen MR) is 96.3 cm³/mol. The molecule has 0 radical (unpaired) electrons. The molecule has 0 unspecified atom stereocenters. The second-order valence-electron chi connectivity index (χ2n) is 7.13. The van der Waals surface area contributed by atoms with Gasteiger partial charge in [0, 0.05) is 32.1 Å². The number of amides is 1. The summed E-state index contributed by atoms with van der Waals surface area (Å²) in [6, 6.07) is 1.18. The summed E-state index contributed by atoms with van der Waals surface area (Å²) < 4.78 is 0. The molecule has 0 aliphatic heterocycles. The Morgan fingerprint density at radius 1 is 0.727 bits per heavy atom. The van der Waals surface area contributed by atoms with Crippen molar-refractivity contribution in [3.8, 4) is 0 Å². The molecule has 22 heavy (non-hydrogen) atoms. The highest BCUT2D eigenvalue weighted by molar-refractivity contribution is 5.75. The van der Waals surface area contributed by atoms with Crippen molar-refractivity contribution in [2.75, 3.05) is 40.8 Å². The van der Waals surface area contributed by atoms with E-state index in [0.29, 0.717) is 24.4 Å². The molecule has 0 aromatic heterocycles. The minimum atomic E-state index is 0.296. The van der Waals surface area contributed by atoms with Crippen molar-refractivity contribution >= 4 is 5.91 Å². The first-order chi connectivity index (χ1) is 10.3. The third kappa shape index (κ3) is 10.2. The molecule has 0 fully saturated rings. The molecule has 0 aromatic rings. The molecular formula is C18H39N3O. The summed E-state index contributed by atoms with van der Waals surface area (Å²) in [6.07, 6.45) is 5.09. The number of unbranched alkanes of at least 4 members (excludes halogenated alkanes) is 2. The van der Waals surface area contributed by atoms with Crippen LogP contribution in [0.5, 0.6) is 0 Å². The molecule has 0 saturated carbocycles. The Balaban J connectivity index is 3.66. The molecule has 0 bridgehead atoms. The van der Waals surface area contributed by atoms with E-state index in [-0.39, 0.29) is 0 Å². The quantitative estimate of drug-likeness (QED) is 0.518. The molecule has 0 atom stereocenters. The second-order valence-corrected chi connectivity index (χ2v) is 7.13. The van der Waals surface area contributed by atoms with E-state index in [9.17, 15) is 4.79 Å². The van der Waals surface area contributed by atoms with Gasteiger partial charge < -0.3 is 14.7 Å². The van der Waals surface area contributed by atoms with Crippen LogP contribution in [0.4, 0.5) is 0 Å². The minimum Gasteiger partial charge on any atom is -0.346 e. The summed E-state index contributed by atoms with van der Waals surface area (Å²) in [5.74, 6) is 0.296. The summed E-state index contributed by atoms with van der Waals surface area (Å²) in [6.45, 7) is 11.9. The van der Waals surface area contributed by atoms with Crippen molar-refractivity contribution < 1.29 is 4.79 Å². The number of carbonyl (C=O) groups is 1. The van der Waals surface area contributed by atoms with Gasteiger partial charge in [-0.15, -0.1) is 0 Å². The summed E-state index contributed by atoms with van der Waals surface area (Å²) in [7, 11) is 6.24. The second kappa shape index (κ2) is 11.9. The van der Waals surface area contributed by atoms with Crippen LogP contribution in [-0.4, -0.2) is 73.5 Å². The van der Waals surface area contributed by atoms with Crippen molar-refractivity contribution in [3.63, 3.8) is 0 Å². The maximum atomic E-state index is 12.1. The maximum absolute atomic E-state index is 12.1. The molecule has 0 rings (SSSR count). The van der Waals surface area contributed by atoms with Crippen molar-refractivity contribution in [1.82, 2.24) is 14.7 Å². The Bertz CT molecular complexity index is 292. The number of nitrogens with zero attached hydrogens (tertiary/aromatic N) is 3. The molecule has 0 spiro atoms. The molecular weight excluding hydrogens is 274 g/mol. The van der Waals surface area contributed by atoms with E-state index in [1.54, 1.807) is 0 Å². The fourth-order valence-corrected chi connectivity index (χ4v) is 2.20. The standard InChI is InChI=1S/C18H39N3O/c1-16(2)19(5)13-10-8-9-12-18(22)21(7)15-11-14-20(6)17(3)4/h16-17H,8-15H2,1-7H3. The molecule has 4 nitrogen and oxygen atoms in total. The van der Waals surface area contributed by atoms with E-state index in [0.717, 1.165) is 38.9 Å². The SMILES string of the molecule is CC(C)N(C)CCCCCC(=O)N(C)CCCN(C)C(C)C. The van der Waals surface area contributed by atoms with Crippen LogP contribution in [0.3, 0.4) is 0 Å². The van der Waals surface area contributed by atoms with E-state index in [4.69, 9.17) is 0 Å².